The Morgan fingerprint density at radius 1 is 1.25 bits per heavy atom. The maximum atomic E-state index is 13.8. The van der Waals surface area contributed by atoms with E-state index in [0.29, 0.717) is 5.76 Å². The van der Waals surface area contributed by atoms with Gasteiger partial charge in [0.15, 0.2) is 5.82 Å². The Hall–Kier alpha value is -2.89. The van der Waals surface area contributed by atoms with Crippen molar-refractivity contribution in [2.24, 2.45) is 0 Å². The first kappa shape index (κ1) is 19.9. The van der Waals surface area contributed by atoms with Gasteiger partial charge in [0.05, 0.1) is 6.20 Å². The highest BCUT2D eigenvalue weighted by Crippen LogP contribution is 2.36. The van der Waals surface area contributed by atoms with E-state index in [1.54, 1.807) is 0 Å². The van der Waals surface area contributed by atoms with E-state index in [4.69, 9.17) is 4.74 Å². The van der Waals surface area contributed by atoms with E-state index in [0.717, 1.165) is 40.5 Å². The van der Waals surface area contributed by atoms with E-state index in [1.165, 1.54) is 0 Å². The molecule has 3 rings (SSSR count). The Morgan fingerprint density at radius 2 is 1.96 bits per heavy atom. The number of pyridine rings is 1. The zero-order chi connectivity index (χ0) is 20.6. The number of hydrogen-bond donors (Lipinski definition) is 0. The fourth-order valence-electron chi connectivity index (χ4n) is 3.28. The largest absolute Gasteiger partial charge is 0.487 e. The third-order valence-electron chi connectivity index (χ3n) is 5.10. The molecule has 0 bridgehead atoms. The fraction of sp³-hybridized carbons (Fsp3) is 0.318. The molecule has 0 fully saturated rings. The molecule has 6 heteroatoms. The lowest BCUT2D eigenvalue weighted by Gasteiger charge is -2.38. The molecule has 0 amide bonds. The van der Waals surface area contributed by atoms with E-state index in [9.17, 15) is 8.78 Å². The van der Waals surface area contributed by atoms with Crippen LogP contribution in [0.3, 0.4) is 0 Å². The average Bonchev–Trinajstić information content (AvgIpc) is 2.62. The molecule has 0 radical (unpaired) electrons. The minimum Gasteiger partial charge on any atom is -0.487 e. The summed E-state index contributed by atoms with van der Waals surface area (Å²) in [5, 5.41) is 0. The molecule has 0 unspecified atom stereocenters. The van der Waals surface area contributed by atoms with Gasteiger partial charge in [0.2, 0.25) is 0 Å². The predicted molar refractivity (Wildman–Crippen MR) is 105 cm³/mol. The number of ether oxygens (including phenoxy) is 1. The standard InChI is InChI=1S/C22H25F2N3O/c1-13-11-26(6)14(2)7-21(13)27-15(3)8-22(16(4)17(27)5)28-12-20-19(24)9-18(23)10-25-20/h7-11,14H,5,12H2,1-4,6H3/t14-/m0/s1. The van der Waals surface area contributed by atoms with Gasteiger partial charge in [-0.15, -0.1) is 0 Å². The molecule has 0 spiro atoms. The lowest BCUT2D eigenvalue weighted by molar-refractivity contribution is 0.196. The lowest BCUT2D eigenvalue weighted by atomic mass is 10.0. The van der Waals surface area contributed by atoms with Gasteiger partial charge in [-0.2, -0.15) is 0 Å². The van der Waals surface area contributed by atoms with Gasteiger partial charge in [-0.25, -0.2) is 8.78 Å². The van der Waals surface area contributed by atoms with Crippen molar-refractivity contribution in [2.75, 3.05) is 7.05 Å². The topological polar surface area (TPSA) is 28.6 Å². The normalized spacial score (nSPS) is 20.2. The molecule has 148 valence electrons. The van der Waals surface area contributed by atoms with Crippen molar-refractivity contribution in [1.82, 2.24) is 14.8 Å². The van der Waals surface area contributed by atoms with Crippen molar-refractivity contribution in [3.05, 3.63) is 88.5 Å². The summed E-state index contributed by atoms with van der Waals surface area (Å²) in [6.07, 6.45) is 7.21. The van der Waals surface area contributed by atoms with Crippen molar-refractivity contribution in [3.63, 3.8) is 0 Å². The van der Waals surface area contributed by atoms with Crippen LogP contribution in [0.15, 0.2) is 71.2 Å². The zero-order valence-electron chi connectivity index (χ0n) is 16.9. The van der Waals surface area contributed by atoms with E-state index in [2.05, 4.69) is 54.5 Å². The first-order valence-electron chi connectivity index (χ1n) is 9.13. The number of halogens is 2. The van der Waals surface area contributed by atoms with Crippen LogP contribution in [0.2, 0.25) is 0 Å². The predicted octanol–water partition coefficient (Wildman–Crippen LogP) is 5.01. The summed E-state index contributed by atoms with van der Waals surface area (Å²) in [6.45, 7) is 12.3. The number of allylic oxidation sites excluding steroid dienone is 4. The molecule has 0 aromatic carbocycles. The van der Waals surface area contributed by atoms with Gasteiger partial charge in [0.1, 0.15) is 23.9 Å². The third kappa shape index (κ3) is 3.72. The molecule has 4 nitrogen and oxygen atoms in total. The van der Waals surface area contributed by atoms with Crippen LogP contribution < -0.4 is 0 Å². The van der Waals surface area contributed by atoms with Crippen LogP contribution in [-0.4, -0.2) is 27.9 Å². The molecule has 28 heavy (non-hydrogen) atoms. The lowest BCUT2D eigenvalue weighted by Crippen LogP contribution is -2.32. The first-order chi connectivity index (χ1) is 13.2. The van der Waals surface area contributed by atoms with Crippen molar-refractivity contribution in [1.29, 1.82) is 0 Å². The minimum atomic E-state index is -0.721. The van der Waals surface area contributed by atoms with Crippen LogP contribution in [0.25, 0.3) is 0 Å². The second-order valence-electron chi connectivity index (χ2n) is 7.20. The zero-order valence-corrected chi connectivity index (χ0v) is 16.9. The van der Waals surface area contributed by atoms with Crippen LogP contribution in [0, 0.1) is 11.6 Å². The van der Waals surface area contributed by atoms with Crippen molar-refractivity contribution in [2.45, 2.75) is 40.3 Å². The van der Waals surface area contributed by atoms with Gasteiger partial charge in [0, 0.05) is 54.1 Å². The number of aromatic nitrogens is 1. The molecular formula is C22H25F2N3O. The monoisotopic (exact) mass is 385 g/mol. The molecule has 1 atom stereocenters. The summed E-state index contributed by atoms with van der Waals surface area (Å²) in [5.74, 6) is -0.827. The Labute approximate surface area is 164 Å². The summed E-state index contributed by atoms with van der Waals surface area (Å²) >= 11 is 0. The first-order valence-corrected chi connectivity index (χ1v) is 9.13. The number of nitrogens with zero attached hydrogens (tertiary/aromatic N) is 3. The molecule has 2 aliphatic heterocycles. The molecule has 1 aromatic heterocycles. The summed E-state index contributed by atoms with van der Waals surface area (Å²) in [6, 6.07) is 1.08. The van der Waals surface area contributed by atoms with Gasteiger partial charge in [0.25, 0.3) is 0 Å². The molecule has 0 saturated heterocycles. The van der Waals surface area contributed by atoms with Crippen LogP contribution in [-0.2, 0) is 11.3 Å². The third-order valence-corrected chi connectivity index (χ3v) is 5.10. The van der Waals surface area contributed by atoms with E-state index < -0.39 is 11.6 Å². The minimum absolute atomic E-state index is 0.0615. The number of rotatable bonds is 4. The quantitative estimate of drug-likeness (QED) is 0.729. The molecule has 1 aromatic rings. The molecule has 0 aliphatic carbocycles. The maximum Gasteiger partial charge on any atom is 0.151 e. The average molecular weight is 385 g/mol. The highest BCUT2D eigenvalue weighted by atomic mass is 19.1. The number of hydrogen-bond acceptors (Lipinski definition) is 4. The maximum absolute atomic E-state index is 13.8. The second-order valence-corrected chi connectivity index (χ2v) is 7.20. The SMILES string of the molecule is C=C1C(C)=C(OCc2ncc(F)cc2F)C=C(C)N1C1=C[C@H](C)N(C)C=C1C. The van der Waals surface area contributed by atoms with Crippen LogP contribution in [0.1, 0.15) is 33.4 Å². The summed E-state index contributed by atoms with van der Waals surface area (Å²) in [4.78, 5) is 8.03. The molecule has 0 N–H and O–H groups in total. The van der Waals surface area contributed by atoms with Crippen molar-refractivity contribution in [3.8, 4) is 0 Å². The van der Waals surface area contributed by atoms with Gasteiger partial charge in [-0.1, -0.05) is 6.58 Å². The molecular weight excluding hydrogens is 360 g/mol. The molecule has 2 aliphatic rings. The summed E-state index contributed by atoms with van der Waals surface area (Å²) in [5.41, 5.74) is 4.91. The summed E-state index contributed by atoms with van der Waals surface area (Å²) < 4.78 is 32.6. The van der Waals surface area contributed by atoms with Gasteiger partial charge >= 0.3 is 0 Å². The number of likely N-dealkylation sites (N-methyl/N-ethyl adjacent to an activating group) is 1. The van der Waals surface area contributed by atoms with Crippen LogP contribution in [0.5, 0.6) is 0 Å². The van der Waals surface area contributed by atoms with E-state index >= 15 is 0 Å². The highest BCUT2D eigenvalue weighted by molar-refractivity contribution is 5.48. The van der Waals surface area contributed by atoms with Crippen LogP contribution >= 0.6 is 0 Å². The Morgan fingerprint density at radius 3 is 2.64 bits per heavy atom. The van der Waals surface area contributed by atoms with Gasteiger partial charge in [-0.3, -0.25) is 4.98 Å². The van der Waals surface area contributed by atoms with E-state index in [1.807, 2.05) is 19.9 Å². The Balaban J connectivity index is 1.83. The van der Waals surface area contributed by atoms with Gasteiger partial charge < -0.3 is 14.5 Å². The fourth-order valence-corrected chi connectivity index (χ4v) is 3.28. The van der Waals surface area contributed by atoms with Gasteiger partial charge in [-0.05, 0) is 39.3 Å². The van der Waals surface area contributed by atoms with Crippen molar-refractivity contribution < 1.29 is 13.5 Å². The summed E-state index contributed by atoms with van der Waals surface area (Å²) in [7, 11) is 2.05. The Kier molecular flexibility index (Phi) is 5.40. The Bertz CT molecular complexity index is 941. The highest BCUT2D eigenvalue weighted by Gasteiger charge is 2.27. The smallest absolute Gasteiger partial charge is 0.151 e. The van der Waals surface area contributed by atoms with E-state index in [-0.39, 0.29) is 18.3 Å². The second kappa shape index (κ2) is 7.62. The molecule has 3 heterocycles. The van der Waals surface area contributed by atoms with Crippen LogP contribution in [0.4, 0.5) is 8.78 Å². The van der Waals surface area contributed by atoms with Crippen molar-refractivity contribution >= 4 is 0 Å². The molecule has 0 saturated carbocycles.